The number of ether oxygens (including phenoxy) is 1. The Morgan fingerprint density at radius 1 is 1.53 bits per heavy atom. The summed E-state index contributed by atoms with van der Waals surface area (Å²) in [5.74, 6) is 1.34. The van der Waals surface area contributed by atoms with Gasteiger partial charge >= 0.3 is 0 Å². The second-order valence-electron chi connectivity index (χ2n) is 3.63. The van der Waals surface area contributed by atoms with Crippen LogP contribution >= 0.6 is 15.9 Å². The summed E-state index contributed by atoms with van der Waals surface area (Å²) >= 11 is 3.38. The second kappa shape index (κ2) is 5.91. The third kappa shape index (κ3) is 3.67. The van der Waals surface area contributed by atoms with Gasteiger partial charge in [-0.25, -0.2) is 0 Å². The van der Waals surface area contributed by atoms with Gasteiger partial charge in [0.05, 0.1) is 11.1 Å². The lowest BCUT2D eigenvalue weighted by Crippen LogP contribution is -2.07. The molecule has 1 rings (SSSR count). The van der Waals surface area contributed by atoms with Crippen molar-refractivity contribution in [2.45, 2.75) is 20.3 Å². The van der Waals surface area contributed by atoms with Gasteiger partial charge in [0.2, 0.25) is 0 Å². The van der Waals surface area contributed by atoms with E-state index in [0.717, 1.165) is 22.9 Å². The minimum atomic E-state index is 0.544. The monoisotopic (exact) mass is 270 g/mol. The van der Waals surface area contributed by atoms with Crippen LogP contribution in [0.4, 0.5) is 0 Å². The summed E-state index contributed by atoms with van der Waals surface area (Å²) in [4.78, 5) is 10.5. The van der Waals surface area contributed by atoms with E-state index in [1.807, 2.05) is 6.07 Å². The molecule has 82 valence electrons. The fourth-order valence-corrected chi connectivity index (χ4v) is 1.57. The summed E-state index contributed by atoms with van der Waals surface area (Å²) in [5.41, 5.74) is 0.651. The summed E-state index contributed by atoms with van der Waals surface area (Å²) in [6.45, 7) is 4.99. The zero-order valence-corrected chi connectivity index (χ0v) is 10.6. The van der Waals surface area contributed by atoms with Crippen molar-refractivity contribution < 1.29 is 9.53 Å². The topological polar surface area (TPSA) is 26.3 Å². The molecule has 0 amide bonds. The minimum Gasteiger partial charge on any atom is -0.492 e. The van der Waals surface area contributed by atoms with Crippen LogP contribution in [0, 0.1) is 5.92 Å². The van der Waals surface area contributed by atoms with Gasteiger partial charge < -0.3 is 4.74 Å². The number of carbonyl (C=O) groups is 1. The number of halogens is 1. The molecule has 15 heavy (non-hydrogen) atoms. The molecular formula is C12H15BrO2. The summed E-state index contributed by atoms with van der Waals surface area (Å²) in [6, 6.07) is 5.33. The molecule has 1 atom stereocenters. The average Bonchev–Trinajstić information content (AvgIpc) is 2.26. The molecule has 0 aliphatic rings. The molecule has 0 aromatic heterocycles. The van der Waals surface area contributed by atoms with Crippen LogP contribution in [0.5, 0.6) is 5.75 Å². The summed E-state index contributed by atoms with van der Waals surface area (Å²) in [7, 11) is 0. The number of benzene rings is 1. The van der Waals surface area contributed by atoms with Crippen molar-refractivity contribution in [2.24, 2.45) is 5.92 Å². The molecule has 2 nitrogen and oxygen atoms in total. The van der Waals surface area contributed by atoms with Crippen molar-refractivity contribution in [2.75, 3.05) is 6.61 Å². The van der Waals surface area contributed by atoms with E-state index >= 15 is 0 Å². The Balaban J connectivity index is 2.65. The molecule has 0 spiro atoms. The normalized spacial score (nSPS) is 12.2. The van der Waals surface area contributed by atoms with Crippen molar-refractivity contribution >= 4 is 22.2 Å². The largest absolute Gasteiger partial charge is 0.492 e. The SMILES string of the molecule is CCC(C)COc1ccc(C=O)cc1Br. The Labute approximate surface area is 98.8 Å². The zero-order valence-electron chi connectivity index (χ0n) is 9.00. The summed E-state index contributed by atoms with van der Waals surface area (Å²) in [6.07, 6.45) is 1.92. The highest BCUT2D eigenvalue weighted by Gasteiger charge is 2.04. The lowest BCUT2D eigenvalue weighted by Gasteiger charge is -2.12. The first kappa shape index (κ1) is 12.2. The predicted octanol–water partition coefficient (Wildman–Crippen LogP) is 3.69. The Bertz CT molecular complexity index is 336. The highest BCUT2D eigenvalue weighted by molar-refractivity contribution is 9.10. The first-order valence-electron chi connectivity index (χ1n) is 5.05. The second-order valence-corrected chi connectivity index (χ2v) is 4.49. The Morgan fingerprint density at radius 3 is 2.80 bits per heavy atom. The molecule has 1 aromatic carbocycles. The summed E-state index contributed by atoms with van der Waals surface area (Å²) in [5, 5.41) is 0. The first-order valence-corrected chi connectivity index (χ1v) is 5.84. The van der Waals surface area contributed by atoms with Crippen molar-refractivity contribution in [1.29, 1.82) is 0 Å². The van der Waals surface area contributed by atoms with E-state index in [9.17, 15) is 4.79 Å². The highest BCUT2D eigenvalue weighted by atomic mass is 79.9. The molecule has 0 fully saturated rings. The quantitative estimate of drug-likeness (QED) is 0.763. The van der Waals surface area contributed by atoms with Crippen LogP contribution in [0.1, 0.15) is 30.6 Å². The lowest BCUT2D eigenvalue weighted by atomic mass is 10.1. The summed E-state index contributed by atoms with van der Waals surface area (Å²) < 4.78 is 6.46. The van der Waals surface area contributed by atoms with E-state index in [0.29, 0.717) is 18.1 Å². The van der Waals surface area contributed by atoms with Crippen LogP contribution in [-0.2, 0) is 0 Å². The van der Waals surface area contributed by atoms with Crippen LogP contribution in [0.15, 0.2) is 22.7 Å². The lowest BCUT2D eigenvalue weighted by molar-refractivity contribution is 0.112. The van der Waals surface area contributed by atoms with E-state index in [1.54, 1.807) is 12.1 Å². The highest BCUT2D eigenvalue weighted by Crippen LogP contribution is 2.26. The van der Waals surface area contributed by atoms with Crippen LogP contribution in [0.3, 0.4) is 0 Å². The fraction of sp³-hybridized carbons (Fsp3) is 0.417. The molecule has 0 bridgehead atoms. The van der Waals surface area contributed by atoms with E-state index in [1.165, 1.54) is 0 Å². The Hall–Kier alpha value is -0.830. The van der Waals surface area contributed by atoms with Gasteiger partial charge in [-0.05, 0) is 40.0 Å². The molecule has 0 saturated heterocycles. The van der Waals surface area contributed by atoms with Crippen LogP contribution < -0.4 is 4.74 Å². The van der Waals surface area contributed by atoms with Crippen molar-refractivity contribution in [1.82, 2.24) is 0 Å². The maximum atomic E-state index is 10.5. The smallest absolute Gasteiger partial charge is 0.150 e. The molecule has 0 radical (unpaired) electrons. The molecular weight excluding hydrogens is 256 g/mol. The van der Waals surface area contributed by atoms with Gasteiger partial charge in [0.25, 0.3) is 0 Å². The third-order valence-corrected chi connectivity index (χ3v) is 2.93. The Morgan fingerprint density at radius 2 is 2.27 bits per heavy atom. The molecule has 0 aliphatic carbocycles. The predicted molar refractivity (Wildman–Crippen MR) is 64.5 cm³/mol. The van der Waals surface area contributed by atoms with E-state index in [-0.39, 0.29) is 0 Å². The van der Waals surface area contributed by atoms with Crippen molar-refractivity contribution in [3.8, 4) is 5.75 Å². The average molecular weight is 271 g/mol. The van der Waals surface area contributed by atoms with Gasteiger partial charge in [0.15, 0.2) is 0 Å². The molecule has 1 aromatic rings. The van der Waals surface area contributed by atoms with Gasteiger partial charge in [-0.3, -0.25) is 4.79 Å². The molecule has 1 unspecified atom stereocenters. The maximum Gasteiger partial charge on any atom is 0.150 e. The number of hydrogen-bond acceptors (Lipinski definition) is 2. The van der Waals surface area contributed by atoms with Crippen molar-refractivity contribution in [3.63, 3.8) is 0 Å². The van der Waals surface area contributed by atoms with E-state index in [2.05, 4.69) is 29.8 Å². The third-order valence-electron chi connectivity index (χ3n) is 2.31. The maximum absolute atomic E-state index is 10.5. The Kier molecular flexibility index (Phi) is 4.82. The van der Waals surface area contributed by atoms with Crippen LogP contribution in [0.25, 0.3) is 0 Å². The first-order chi connectivity index (χ1) is 7.17. The number of carbonyl (C=O) groups excluding carboxylic acids is 1. The standard InChI is InChI=1S/C12H15BrO2/c1-3-9(2)8-15-12-5-4-10(7-14)6-11(12)13/h4-7,9H,3,8H2,1-2H3. The van der Waals surface area contributed by atoms with Gasteiger partial charge in [-0.2, -0.15) is 0 Å². The van der Waals surface area contributed by atoms with Gasteiger partial charge in [-0.1, -0.05) is 20.3 Å². The molecule has 0 heterocycles. The van der Waals surface area contributed by atoms with E-state index < -0.39 is 0 Å². The molecule has 3 heteroatoms. The molecule has 0 N–H and O–H groups in total. The molecule has 0 aliphatic heterocycles. The van der Waals surface area contributed by atoms with Gasteiger partial charge in [0, 0.05) is 5.56 Å². The fourth-order valence-electron chi connectivity index (χ4n) is 1.06. The van der Waals surface area contributed by atoms with Crippen LogP contribution in [-0.4, -0.2) is 12.9 Å². The molecule has 0 saturated carbocycles. The van der Waals surface area contributed by atoms with Gasteiger partial charge in [-0.15, -0.1) is 0 Å². The van der Waals surface area contributed by atoms with Crippen molar-refractivity contribution in [3.05, 3.63) is 28.2 Å². The minimum absolute atomic E-state index is 0.544. The van der Waals surface area contributed by atoms with E-state index in [4.69, 9.17) is 4.74 Å². The number of aldehydes is 1. The zero-order chi connectivity index (χ0) is 11.3. The van der Waals surface area contributed by atoms with Crippen LogP contribution in [0.2, 0.25) is 0 Å². The number of rotatable bonds is 5. The van der Waals surface area contributed by atoms with Gasteiger partial charge in [0.1, 0.15) is 12.0 Å². The number of hydrogen-bond donors (Lipinski definition) is 0.